The van der Waals surface area contributed by atoms with E-state index in [1.54, 1.807) is 18.2 Å². The Morgan fingerprint density at radius 1 is 1.14 bits per heavy atom. The maximum Gasteiger partial charge on any atom is 0.248 e. The van der Waals surface area contributed by atoms with Gasteiger partial charge in [-0.1, -0.05) is 41.9 Å². The summed E-state index contributed by atoms with van der Waals surface area (Å²) in [6.07, 6.45) is 3.28. The van der Waals surface area contributed by atoms with Gasteiger partial charge >= 0.3 is 0 Å². The third-order valence-electron chi connectivity index (χ3n) is 2.93. The largest absolute Gasteiger partial charge is 0.376 e. The molecule has 2 aromatic rings. The molecule has 0 radical (unpaired) electrons. The van der Waals surface area contributed by atoms with E-state index in [4.69, 9.17) is 11.6 Å². The summed E-state index contributed by atoms with van der Waals surface area (Å²) in [5.74, 6) is -0.191. The van der Waals surface area contributed by atoms with Crippen LogP contribution in [0.2, 0.25) is 5.02 Å². The molecular weight excluding hydrogens is 284 g/mol. The molecule has 2 rings (SSSR count). The van der Waals surface area contributed by atoms with Crippen molar-refractivity contribution in [1.82, 2.24) is 0 Å². The second-order valence-electron chi connectivity index (χ2n) is 4.79. The van der Waals surface area contributed by atoms with Gasteiger partial charge in [0.05, 0.1) is 11.4 Å². The lowest BCUT2D eigenvalue weighted by atomic mass is 10.2. The molecule has 3 nitrogen and oxygen atoms in total. The number of amides is 1. The summed E-state index contributed by atoms with van der Waals surface area (Å²) >= 11 is 5.99. The van der Waals surface area contributed by atoms with Crippen LogP contribution in [-0.2, 0) is 4.79 Å². The van der Waals surface area contributed by atoms with Crippen molar-refractivity contribution in [3.8, 4) is 0 Å². The summed E-state index contributed by atoms with van der Waals surface area (Å²) in [5.41, 5.74) is 2.57. The second-order valence-corrected chi connectivity index (χ2v) is 5.23. The van der Waals surface area contributed by atoms with Crippen molar-refractivity contribution in [3.05, 3.63) is 65.2 Å². The molecule has 0 aliphatic heterocycles. The van der Waals surface area contributed by atoms with Gasteiger partial charge in [-0.25, -0.2) is 0 Å². The Kier molecular flexibility index (Phi) is 5.01. The molecule has 4 heteroatoms. The number of halogens is 1. The molecule has 0 spiro atoms. The number of hydrogen-bond acceptors (Lipinski definition) is 2. The van der Waals surface area contributed by atoms with Gasteiger partial charge in [0, 0.05) is 25.2 Å². The van der Waals surface area contributed by atoms with Crippen LogP contribution in [0, 0.1) is 0 Å². The van der Waals surface area contributed by atoms with E-state index >= 15 is 0 Å². The van der Waals surface area contributed by atoms with Gasteiger partial charge in [-0.2, -0.15) is 0 Å². The standard InChI is InChI=1S/C17H17ClN2O/c1-20(2)16-10-9-14(18)12-15(16)19-17(21)11-8-13-6-4-3-5-7-13/h3-12H,1-2H3,(H,19,21). The van der Waals surface area contributed by atoms with Crippen LogP contribution in [0.3, 0.4) is 0 Å². The minimum absolute atomic E-state index is 0.191. The highest BCUT2D eigenvalue weighted by molar-refractivity contribution is 6.31. The van der Waals surface area contributed by atoms with Crippen LogP contribution in [0.5, 0.6) is 0 Å². The van der Waals surface area contributed by atoms with E-state index in [0.29, 0.717) is 10.7 Å². The van der Waals surface area contributed by atoms with Gasteiger partial charge in [0.1, 0.15) is 0 Å². The van der Waals surface area contributed by atoms with E-state index in [-0.39, 0.29) is 5.91 Å². The SMILES string of the molecule is CN(C)c1ccc(Cl)cc1NC(=O)C=Cc1ccccc1. The first-order chi connectivity index (χ1) is 10.1. The summed E-state index contributed by atoms with van der Waals surface area (Å²) in [5, 5.41) is 3.44. The van der Waals surface area contributed by atoms with E-state index in [2.05, 4.69) is 5.32 Å². The van der Waals surface area contributed by atoms with E-state index in [1.165, 1.54) is 6.08 Å². The van der Waals surface area contributed by atoms with Crippen molar-refractivity contribution in [2.24, 2.45) is 0 Å². The predicted molar refractivity (Wildman–Crippen MR) is 89.9 cm³/mol. The van der Waals surface area contributed by atoms with Gasteiger partial charge in [-0.3, -0.25) is 4.79 Å². The number of rotatable bonds is 4. The van der Waals surface area contributed by atoms with Crippen LogP contribution in [0.15, 0.2) is 54.6 Å². The molecule has 1 amide bonds. The number of nitrogens with zero attached hydrogens (tertiary/aromatic N) is 1. The Balaban J connectivity index is 2.13. The molecule has 0 aliphatic carbocycles. The van der Waals surface area contributed by atoms with Gasteiger partial charge in [0.2, 0.25) is 5.91 Å². The highest BCUT2D eigenvalue weighted by atomic mass is 35.5. The molecule has 1 N–H and O–H groups in total. The van der Waals surface area contributed by atoms with Crippen molar-refractivity contribution in [1.29, 1.82) is 0 Å². The molecule has 0 atom stereocenters. The Hall–Kier alpha value is -2.26. The number of carbonyl (C=O) groups excluding carboxylic acids is 1. The number of nitrogens with one attached hydrogen (secondary N) is 1. The third kappa shape index (κ3) is 4.36. The first-order valence-corrected chi connectivity index (χ1v) is 6.95. The number of benzene rings is 2. The van der Waals surface area contributed by atoms with Crippen LogP contribution in [0.1, 0.15) is 5.56 Å². The van der Waals surface area contributed by atoms with Gasteiger partial charge in [-0.15, -0.1) is 0 Å². The fourth-order valence-electron chi connectivity index (χ4n) is 1.91. The lowest BCUT2D eigenvalue weighted by molar-refractivity contribution is -0.111. The Bertz CT molecular complexity index is 651. The van der Waals surface area contributed by atoms with Gasteiger partial charge in [-0.05, 0) is 29.8 Å². The van der Waals surface area contributed by atoms with Crippen molar-refractivity contribution in [2.45, 2.75) is 0 Å². The maximum atomic E-state index is 12.0. The van der Waals surface area contributed by atoms with Crippen LogP contribution in [0.4, 0.5) is 11.4 Å². The quantitative estimate of drug-likeness (QED) is 0.864. The Labute approximate surface area is 129 Å². The molecular formula is C17H17ClN2O. The second kappa shape index (κ2) is 6.95. The fraction of sp³-hybridized carbons (Fsp3) is 0.118. The zero-order valence-corrected chi connectivity index (χ0v) is 12.8. The minimum atomic E-state index is -0.191. The summed E-state index contributed by atoms with van der Waals surface area (Å²) in [6.45, 7) is 0. The van der Waals surface area contributed by atoms with Crippen LogP contribution in [0.25, 0.3) is 6.08 Å². The third-order valence-corrected chi connectivity index (χ3v) is 3.16. The van der Waals surface area contributed by atoms with E-state index in [0.717, 1.165) is 11.3 Å². The maximum absolute atomic E-state index is 12.0. The molecule has 21 heavy (non-hydrogen) atoms. The lowest BCUT2D eigenvalue weighted by Crippen LogP contribution is -2.15. The summed E-state index contributed by atoms with van der Waals surface area (Å²) in [4.78, 5) is 13.9. The molecule has 0 aliphatic rings. The highest BCUT2D eigenvalue weighted by Gasteiger charge is 2.07. The van der Waals surface area contributed by atoms with E-state index in [9.17, 15) is 4.79 Å². The van der Waals surface area contributed by atoms with Gasteiger partial charge < -0.3 is 10.2 Å². The van der Waals surface area contributed by atoms with Crippen molar-refractivity contribution < 1.29 is 4.79 Å². The van der Waals surface area contributed by atoms with E-state index in [1.807, 2.05) is 55.4 Å². The normalized spacial score (nSPS) is 10.6. The smallest absolute Gasteiger partial charge is 0.248 e. The highest BCUT2D eigenvalue weighted by Crippen LogP contribution is 2.27. The average Bonchev–Trinajstić information content (AvgIpc) is 2.46. The van der Waals surface area contributed by atoms with Crippen molar-refractivity contribution in [2.75, 3.05) is 24.3 Å². The first kappa shape index (κ1) is 15.1. The molecule has 108 valence electrons. The number of hydrogen-bond donors (Lipinski definition) is 1. The molecule has 0 bridgehead atoms. The van der Waals surface area contributed by atoms with Crippen molar-refractivity contribution in [3.63, 3.8) is 0 Å². The first-order valence-electron chi connectivity index (χ1n) is 6.57. The molecule has 0 saturated heterocycles. The monoisotopic (exact) mass is 300 g/mol. The van der Waals surface area contributed by atoms with Gasteiger partial charge in [0.25, 0.3) is 0 Å². The zero-order valence-electron chi connectivity index (χ0n) is 12.0. The lowest BCUT2D eigenvalue weighted by Gasteiger charge is -2.17. The molecule has 2 aromatic carbocycles. The van der Waals surface area contributed by atoms with Crippen LogP contribution in [-0.4, -0.2) is 20.0 Å². The summed E-state index contributed by atoms with van der Waals surface area (Å²) < 4.78 is 0. The molecule has 0 unspecified atom stereocenters. The van der Waals surface area contributed by atoms with Crippen molar-refractivity contribution >= 4 is 35.0 Å². The molecule has 0 heterocycles. The summed E-state index contributed by atoms with van der Waals surface area (Å²) in [6, 6.07) is 15.1. The Morgan fingerprint density at radius 3 is 2.52 bits per heavy atom. The minimum Gasteiger partial charge on any atom is -0.376 e. The molecule has 0 fully saturated rings. The number of carbonyl (C=O) groups is 1. The molecule has 0 aromatic heterocycles. The Morgan fingerprint density at radius 2 is 1.86 bits per heavy atom. The van der Waals surface area contributed by atoms with E-state index < -0.39 is 0 Å². The predicted octanol–water partition coefficient (Wildman–Crippen LogP) is 4.06. The van der Waals surface area contributed by atoms with Crippen LogP contribution < -0.4 is 10.2 Å². The van der Waals surface area contributed by atoms with Crippen LogP contribution >= 0.6 is 11.6 Å². The average molecular weight is 301 g/mol. The summed E-state index contributed by atoms with van der Waals surface area (Å²) in [7, 11) is 3.83. The fourth-order valence-corrected chi connectivity index (χ4v) is 2.08. The topological polar surface area (TPSA) is 32.3 Å². The van der Waals surface area contributed by atoms with Gasteiger partial charge in [0.15, 0.2) is 0 Å². The zero-order chi connectivity index (χ0) is 15.2. The molecule has 0 saturated carbocycles. The number of anilines is 2.